The van der Waals surface area contributed by atoms with Crippen molar-refractivity contribution in [3.63, 3.8) is 0 Å². The number of allylic oxidation sites excluding steroid dienone is 1. The van der Waals surface area contributed by atoms with Crippen molar-refractivity contribution in [1.82, 2.24) is 10.2 Å². The van der Waals surface area contributed by atoms with E-state index in [1.807, 2.05) is 5.32 Å². The van der Waals surface area contributed by atoms with Crippen molar-refractivity contribution < 1.29 is 46.2 Å². The van der Waals surface area contributed by atoms with Crippen LogP contribution in [0.1, 0.15) is 42.6 Å². The zero-order valence-electron chi connectivity index (χ0n) is 22.5. The Morgan fingerprint density at radius 1 is 0.975 bits per heavy atom. The van der Waals surface area contributed by atoms with E-state index in [1.165, 1.54) is 33.5 Å². The molecule has 0 bridgehead atoms. The number of amides is 2. The smallest absolute Gasteiger partial charge is 0.425 e. The first-order chi connectivity index (χ1) is 18.7. The second-order valence-corrected chi connectivity index (χ2v) is 10.4. The minimum absolute atomic E-state index is 0.000796. The van der Waals surface area contributed by atoms with Crippen LogP contribution in [0.3, 0.4) is 0 Å². The molecular formula is C28H28F4N2O6. The number of Topliss-reactive ketones (excluding diaryl/α,β-unsaturated/α-hetero) is 1. The summed E-state index contributed by atoms with van der Waals surface area (Å²) >= 11 is 0. The van der Waals surface area contributed by atoms with Crippen LogP contribution in [0.2, 0.25) is 0 Å². The predicted molar refractivity (Wildman–Crippen MR) is 134 cm³/mol. The summed E-state index contributed by atoms with van der Waals surface area (Å²) in [5, 5.41) is 1.87. The molecule has 1 aliphatic heterocycles. The van der Waals surface area contributed by atoms with Crippen LogP contribution in [0.25, 0.3) is 0 Å². The zero-order valence-corrected chi connectivity index (χ0v) is 22.5. The zero-order chi connectivity index (χ0) is 29.6. The number of nitrogens with one attached hydrogen (secondary N) is 1. The molecule has 0 aromatic heterocycles. The molecule has 2 aliphatic rings. The van der Waals surface area contributed by atoms with E-state index in [1.54, 1.807) is 13.8 Å². The Hall–Kier alpha value is -4.09. The molecule has 12 heteroatoms. The van der Waals surface area contributed by atoms with Gasteiger partial charge in [0, 0.05) is 17.7 Å². The van der Waals surface area contributed by atoms with E-state index in [2.05, 4.69) is 0 Å². The quantitative estimate of drug-likeness (QED) is 0.496. The number of hydrogen-bond donors (Lipinski definition) is 1. The molecule has 2 aromatic rings. The fourth-order valence-electron chi connectivity index (χ4n) is 5.22. The average molecular weight is 565 g/mol. The summed E-state index contributed by atoms with van der Waals surface area (Å²) in [5.41, 5.74) is -5.32. The largest absolute Gasteiger partial charge is 0.493 e. The molecule has 0 radical (unpaired) electrons. The number of nitrogens with zero attached hydrogens (tertiary/aromatic N) is 1. The van der Waals surface area contributed by atoms with Crippen LogP contribution >= 0.6 is 0 Å². The number of hydrogen-bond acceptors (Lipinski definition) is 6. The van der Waals surface area contributed by atoms with Crippen molar-refractivity contribution in [2.75, 3.05) is 21.3 Å². The van der Waals surface area contributed by atoms with Crippen LogP contribution in [0.5, 0.6) is 17.2 Å². The van der Waals surface area contributed by atoms with Gasteiger partial charge in [-0.15, -0.1) is 0 Å². The molecule has 1 atom stereocenters. The molecule has 0 saturated carbocycles. The Morgan fingerprint density at radius 3 is 2.05 bits per heavy atom. The highest BCUT2D eigenvalue weighted by atomic mass is 19.4. The van der Waals surface area contributed by atoms with E-state index in [0.29, 0.717) is 5.56 Å². The second kappa shape index (κ2) is 10.1. The monoisotopic (exact) mass is 564 g/mol. The van der Waals surface area contributed by atoms with Gasteiger partial charge in [-0.1, -0.05) is 26.0 Å². The molecule has 4 rings (SSSR count). The van der Waals surface area contributed by atoms with Gasteiger partial charge in [0.1, 0.15) is 5.82 Å². The fourth-order valence-corrected chi connectivity index (χ4v) is 5.22. The lowest BCUT2D eigenvalue weighted by atomic mass is 9.72. The average Bonchev–Trinajstić information content (AvgIpc) is 3.11. The summed E-state index contributed by atoms with van der Waals surface area (Å²) in [6.45, 7) is 3.05. The van der Waals surface area contributed by atoms with Crippen LogP contribution in [0.4, 0.5) is 17.6 Å². The highest BCUT2D eigenvalue weighted by Gasteiger charge is 2.71. The van der Waals surface area contributed by atoms with Crippen molar-refractivity contribution in [3.8, 4) is 17.2 Å². The number of methoxy groups -OCH3 is 3. The number of benzene rings is 2. The van der Waals surface area contributed by atoms with E-state index >= 15 is 13.2 Å². The molecule has 1 unspecified atom stereocenters. The number of carbonyl (C=O) groups is 3. The molecule has 1 heterocycles. The summed E-state index contributed by atoms with van der Waals surface area (Å²) in [5.74, 6) is -4.18. The van der Waals surface area contributed by atoms with Gasteiger partial charge in [0.25, 0.3) is 11.8 Å². The van der Waals surface area contributed by atoms with Crippen LogP contribution in [-0.2, 0) is 16.1 Å². The van der Waals surface area contributed by atoms with Crippen molar-refractivity contribution in [3.05, 3.63) is 64.6 Å². The van der Waals surface area contributed by atoms with E-state index in [4.69, 9.17) is 14.2 Å². The van der Waals surface area contributed by atoms with Crippen LogP contribution in [-0.4, -0.2) is 55.5 Å². The van der Waals surface area contributed by atoms with Crippen molar-refractivity contribution in [2.24, 2.45) is 5.41 Å². The highest BCUT2D eigenvalue weighted by molar-refractivity contribution is 6.14. The lowest BCUT2D eigenvalue weighted by molar-refractivity contribution is -0.190. The first kappa shape index (κ1) is 28.9. The van der Waals surface area contributed by atoms with E-state index in [9.17, 15) is 18.8 Å². The van der Waals surface area contributed by atoms with E-state index in [0.717, 1.165) is 29.2 Å². The fraction of sp³-hybridized carbons (Fsp3) is 0.393. The summed E-state index contributed by atoms with van der Waals surface area (Å²) in [6.07, 6.45) is -5.68. The Labute approximate surface area is 227 Å². The summed E-state index contributed by atoms with van der Waals surface area (Å²) in [7, 11) is 3.85. The van der Waals surface area contributed by atoms with Crippen LogP contribution in [0, 0.1) is 11.2 Å². The van der Waals surface area contributed by atoms with Crippen LogP contribution in [0.15, 0.2) is 47.7 Å². The van der Waals surface area contributed by atoms with E-state index in [-0.39, 0.29) is 47.9 Å². The van der Waals surface area contributed by atoms with Crippen molar-refractivity contribution >= 4 is 17.6 Å². The van der Waals surface area contributed by atoms with Gasteiger partial charge >= 0.3 is 6.18 Å². The van der Waals surface area contributed by atoms with Gasteiger partial charge in [-0.3, -0.25) is 14.4 Å². The SMILES string of the molecule is COc1cc(C(=O)NC2(C(F)(F)F)C(=O)N(Cc3ccc(F)cc3)C3=C2C(=O)CC(C)(C)C3)cc(OC)c1OC. The minimum atomic E-state index is -5.39. The van der Waals surface area contributed by atoms with Gasteiger partial charge in [0.15, 0.2) is 17.3 Å². The highest BCUT2D eigenvalue weighted by Crippen LogP contribution is 2.52. The summed E-state index contributed by atoms with van der Waals surface area (Å²) in [4.78, 5) is 41.5. The molecule has 2 amide bonds. The Balaban J connectivity index is 1.87. The van der Waals surface area contributed by atoms with Crippen molar-refractivity contribution in [2.45, 2.75) is 44.9 Å². The molecule has 1 N–H and O–H groups in total. The normalized spacial score (nSPS) is 20.4. The molecule has 0 spiro atoms. The number of halogens is 4. The second-order valence-electron chi connectivity index (χ2n) is 10.4. The lowest BCUT2D eigenvalue weighted by Gasteiger charge is -2.35. The third-order valence-corrected chi connectivity index (χ3v) is 7.03. The number of alkyl halides is 3. The third-order valence-electron chi connectivity index (χ3n) is 7.03. The molecule has 8 nitrogen and oxygen atoms in total. The summed E-state index contributed by atoms with van der Waals surface area (Å²) in [6, 6.07) is 7.17. The van der Waals surface area contributed by atoms with Crippen LogP contribution < -0.4 is 19.5 Å². The third kappa shape index (κ3) is 4.75. The maximum absolute atomic E-state index is 15.1. The topological polar surface area (TPSA) is 94.2 Å². The number of rotatable bonds is 7. The molecule has 1 aliphatic carbocycles. The van der Waals surface area contributed by atoms with Crippen molar-refractivity contribution in [1.29, 1.82) is 0 Å². The maximum atomic E-state index is 15.1. The molecule has 0 fully saturated rings. The number of ether oxygens (including phenoxy) is 3. The number of ketones is 1. The van der Waals surface area contributed by atoms with Gasteiger partial charge in [0.05, 0.1) is 33.4 Å². The molecule has 214 valence electrons. The Bertz CT molecular complexity index is 1380. The van der Waals surface area contributed by atoms with Gasteiger partial charge in [-0.05, 0) is 41.7 Å². The van der Waals surface area contributed by atoms with Gasteiger partial charge in [-0.25, -0.2) is 4.39 Å². The number of carbonyl (C=O) groups excluding carboxylic acids is 3. The molecule has 0 saturated heterocycles. The lowest BCUT2D eigenvalue weighted by Crippen LogP contribution is -2.66. The standard InChI is InChI=1S/C28H28F4N2O6/c1-26(2)12-18-22(19(35)13-26)27(28(30,31)32,25(37)34(18)14-15-6-8-17(29)9-7-15)33-24(36)16-10-20(38-3)23(40-5)21(11-16)39-4/h6-11H,12-14H2,1-5H3,(H,33,36). The van der Waals surface area contributed by atoms with Gasteiger partial charge in [-0.2, -0.15) is 13.2 Å². The molecule has 2 aromatic carbocycles. The predicted octanol–water partition coefficient (Wildman–Crippen LogP) is 4.57. The first-order valence-electron chi connectivity index (χ1n) is 12.2. The Kier molecular flexibility index (Phi) is 7.33. The Morgan fingerprint density at radius 2 is 1.55 bits per heavy atom. The molecular weight excluding hydrogens is 536 g/mol. The van der Waals surface area contributed by atoms with Gasteiger partial charge in [0.2, 0.25) is 11.3 Å². The van der Waals surface area contributed by atoms with E-state index < -0.39 is 46.1 Å². The van der Waals surface area contributed by atoms with Gasteiger partial charge < -0.3 is 24.4 Å². The maximum Gasteiger partial charge on any atom is 0.425 e. The minimum Gasteiger partial charge on any atom is -0.493 e. The molecule has 40 heavy (non-hydrogen) atoms. The first-order valence-corrected chi connectivity index (χ1v) is 12.2. The summed E-state index contributed by atoms with van der Waals surface area (Å²) < 4.78 is 74.3.